The summed E-state index contributed by atoms with van der Waals surface area (Å²) in [6.45, 7) is 2.05. The molecule has 0 saturated heterocycles. The van der Waals surface area contributed by atoms with Crippen molar-refractivity contribution in [3.63, 3.8) is 0 Å². The Bertz CT molecular complexity index is 350. The first-order valence-electron chi connectivity index (χ1n) is 6.86. The van der Waals surface area contributed by atoms with E-state index < -0.39 is 0 Å². The summed E-state index contributed by atoms with van der Waals surface area (Å²) in [5.74, 6) is -0.0703. The van der Waals surface area contributed by atoms with E-state index in [2.05, 4.69) is 6.92 Å². The first-order valence-corrected chi connectivity index (χ1v) is 6.86. The van der Waals surface area contributed by atoms with E-state index >= 15 is 0 Å². The first-order chi connectivity index (χ1) is 8.59. The smallest absolute Gasteiger partial charge is 0.157 e. The van der Waals surface area contributed by atoms with Gasteiger partial charge in [0.05, 0.1) is 0 Å². The van der Waals surface area contributed by atoms with Crippen LogP contribution in [0.1, 0.15) is 51.0 Å². The molecule has 0 aromatic heterocycles. The second kappa shape index (κ2) is 7.98. The number of nitrogens with two attached hydrogens (primary N) is 1. The second-order valence-electron chi connectivity index (χ2n) is 5.11. The summed E-state index contributed by atoms with van der Waals surface area (Å²) in [5.41, 5.74) is 6.78. The molecule has 1 aromatic rings. The van der Waals surface area contributed by atoms with Gasteiger partial charge in [-0.2, -0.15) is 0 Å². The summed E-state index contributed by atoms with van der Waals surface area (Å²) in [5, 5.41) is 18.6. The molecule has 1 aromatic carbocycles. The molecule has 1 atom stereocenters. The van der Waals surface area contributed by atoms with Crippen LogP contribution in [0.4, 0.5) is 0 Å². The molecule has 0 saturated carbocycles. The van der Waals surface area contributed by atoms with Gasteiger partial charge in [0, 0.05) is 6.04 Å². The Morgan fingerprint density at radius 3 is 2.33 bits per heavy atom. The van der Waals surface area contributed by atoms with Crippen molar-refractivity contribution in [1.29, 1.82) is 0 Å². The molecule has 3 heteroatoms. The van der Waals surface area contributed by atoms with Crippen LogP contribution in [-0.2, 0) is 6.42 Å². The third-order valence-corrected chi connectivity index (χ3v) is 3.16. The van der Waals surface area contributed by atoms with Crippen molar-refractivity contribution < 1.29 is 10.2 Å². The lowest BCUT2D eigenvalue weighted by molar-refractivity contribution is 0.403. The lowest BCUT2D eigenvalue weighted by Gasteiger charge is -2.05. The van der Waals surface area contributed by atoms with E-state index in [9.17, 15) is 10.2 Å². The highest BCUT2D eigenvalue weighted by atomic mass is 16.3. The number of phenols is 2. The number of rotatable bonds is 8. The molecule has 0 aliphatic carbocycles. The van der Waals surface area contributed by atoms with Gasteiger partial charge in [0.1, 0.15) is 0 Å². The van der Waals surface area contributed by atoms with Crippen molar-refractivity contribution in [2.45, 2.75) is 57.9 Å². The molecule has 0 heterocycles. The number of unbranched alkanes of at least 4 members (excludes halogenated alkanes) is 4. The molecule has 1 unspecified atom stereocenters. The third-order valence-electron chi connectivity index (χ3n) is 3.16. The first kappa shape index (κ1) is 14.8. The topological polar surface area (TPSA) is 66.5 Å². The van der Waals surface area contributed by atoms with Gasteiger partial charge in [-0.05, 0) is 43.9 Å². The minimum Gasteiger partial charge on any atom is -0.504 e. The molecule has 0 aliphatic rings. The Balaban J connectivity index is 2.09. The van der Waals surface area contributed by atoms with Crippen molar-refractivity contribution in [2.24, 2.45) is 5.73 Å². The summed E-state index contributed by atoms with van der Waals surface area (Å²) in [6.07, 6.45) is 8.13. The predicted octanol–water partition coefficient (Wildman–Crippen LogP) is 3.33. The van der Waals surface area contributed by atoms with Crippen LogP contribution < -0.4 is 5.73 Å². The van der Waals surface area contributed by atoms with Gasteiger partial charge in [0.15, 0.2) is 11.5 Å². The predicted molar refractivity (Wildman–Crippen MR) is 74.8 cm³/mol. The lowest BCUT2D eigenvalue weighted by atomic mass is 10.0. The van der Waals surface area contributed by atoms with Crippen LogP contribution >= 0.6 is 0 Å². The lowest BCUT2D eigenvalue weighted by Crippen LogP contribution is -2.13. The molecular formula is C15H25NO2. The van der Waals surface area contributed by atoms with Crippen LogP contribution in [0, 0.1) is 0 Å². The SMILES string of the molecule is CC(N)CCCCCCCc1ccc(O)c(O)c1. The molecule has 0 fully saturated rings. The minimum atomic E-state index is -0.0466. The normalized spacial score (nSPS) is 12.6. The minimum absolute atomic E-state index is 0.0237. The molecule has 1 rings (SSSR count). The summed E-state index contributed by atoms with van der Waals surface area (Å²) in [7, 11) is 0. The van der Waals surface area contributed by atoms with E-state index in [0.717, 1.165) is 24.8 Å². The van der Waals surface area contributed by atoms with Gasteiger partial charge in [0.2, 0.25) is 0 Å². The van der Waals surface area contributed by atoms with E-state index in [0.29, 0.717) is 6.04 Å². The van der Waals surface area contributed by atoms with Gasteiger partial charge in [-0.25, -0.2) is 0 Å². The quantitative estimate of drug-likeness (QED) is 0.490. The fraction of sp³-hybridized carbons (Fsp3) is 0.600. The van der Waals surface area contributed by atoms with Crippen LogP contribution in [0.3, 0.4) is 0 Å². The van der Waals surface area contributed by atoms with Crippen molar-refractivity contribution in [3.8, 4) is 11.5 Å². The highest BCUT2D eigenvalue weighted by molar-refractivity contribution is 5.40. The Kier molecular flexibility index (Phi) is 6.58. The fourth-order valence-corrected chi connectivity index (χ4v) is 2.05. The average Bonchev–Trinajstić information content (AvgIpc) is 2.32. The van der Waals surface area contributed by atoms with Crippen molar-refractivity contribution in [3.05, 3.63) is 23.8 Å². The summed E-state index contributed by atoms with van der Waals surface area (Å²) in [6, 6.07) is 5.38. The molecule has 102 valence electrons. The van der Waals surface area contributed by atoms with Crippen LogP contribution in [-0.4, -0.2) is 16.3 Å². The maximum absolute atomic E-state index is 9.36. The highest BCUT2D eigenvalue weighted by Crippen LogP contribution is 2.25. The highest BCUT2D eigenvalue weighted by Gasteiger charge is 2.00. The number of benzene rings is 1. The van der Waals surface area contributed by atoms with Crippen LogP contribution in [0.2, 0.25) is 0 Å². The Morgan fingerprint density at radius 1 is 1.00 bits per heavy atom. The largest absolute Gasteiger partial charge is 0.504 e. The van der Waals surface area contributed by atoms with Gasteiger partial charge >= 0.3 is 0 Å². The monoisotopic (exact) mass is 251 g/mol. The Hall–Kier alpha value is -1.22. The molecule has 0 spiro atoms. The van der Waals surface area contributed by atoms with E-state index in [1.165, 1.54) is 25.7 Å². The molecule has 4 N–H and O–H groups in total. The maximum Gasteiger partial charge on any atom is 0.157 e. The summed E-state index contributed by atoms with van der Waals surface area (Å²) < 4.78 is 0. The number of hydrogen-bond acceptors (Lipinski definition) is 3. The molecule has 18 heavy (non-hydrogen) atoms. The number of hydrogen-bond donors (Lipinski definition) is 3. The molecule has 0 radical (unpaired) electrons. The van der Waals surface area contributed by atoms with E-state index in [4.69, 9.17) is 5.73 Å². The molecule has 0 amide bonds. The maximum atomic E-state index is 9.36. The van der Waals surface area contributed by atoms with Gasteiger partial charge in [-0.15, -0.1) is 0 Å². The molecule has 0 bridgehead atoms. The van der Waals surface area contributed by atoms with Gasteiger partial charge in [-0.3, -0.25) is 0 Å². The Labute approximate surface area is 110 Å². The molecule has 3 nitrogen and oxygen atoms in total. The van der Waals surface area contributed by atoms with Gasteiger partial charge < -0.3 is 15.9 Å². The van der Waals surface area contributed by atoms with Crippen LogP contribution in [0.5, 0.6) is 11.5 Å². The average molecular weight is 251 g/mol. The molecular weight excluding hydrogens is 226 g/mol. The second-order valence-corrected chi connectivity index (χ2v) is 5.11. The fourth-order valence-electron chi connectivity index (χ4n) is 2.05. The summed E-state index contributed by atoms with van der Waals surface area (Å²) >= 11 is 0. The zero-order chi connectivity index (χ0) is 13.4. The Morgan fingerprint density at radius 2 is 1.67 bits per heavy atom. The van der Waals surface area contributed by atoms with Crippen LogP contribution in [0.25, 0.3) is 0 Å². The summed E-state index contributed by atoms with van der Waals surface area (Å²) in [4.78, 5) is 0. The van der Waals surface area contributed by atoms with Crippen LogP contribution in [0.15, 0.2) is 18.2 Å². The van der Waals surface area contributed by atoms with E-state index in [1.807, 2.05) is 6.07 Å². The van der Waals surface area contributed by atoms with E-state index in [1.54, 1.807) is 12.1 Å². The van der Waals surface area contributed by atoms with E-state index in [-0.39, 0.29) is 11.5 Å². The van der Waals surface area contributed by atoms with Gasteiger partial charge in [0.25, 0.3) is 0 Å². The third kappa shape index (κ3) is 5.92. The zero-order valence-corrected chi connectivity index (χ0v) is 11.2. The van der Waals surface area contributed by atoms with Crippen molar-refractivity contribution in [2.75, 3.05) is 0 Å². The number of aromatic hydroxyl groups is 2. The number of phenolic OH excluding ortho intramolecular Hbond substituents is 2. The zero-order valence-electron chi connectivity index (χ0n) is 11.2. The van der Waals surface area contributed by atoms with Crippen molar-refractivity contribution in [1.82, 2.24) is 0 Å². The standard InChI is InChI=1S/C15H25NO2/c1-12(16)7-5-3-2-4-6-8-13-9-10-14(17)15(18)11-13/h9-12,17-18H,2-8,16H2,1H3. The number of aryl methyl sites for hydroxylation is 1. The van der Waals surface area contributed by atoms with Gasteiger partial charge in [-0.1, -0.05) is 31.7 Å². The van der Waals surface area contributed by atoms with Crippen molar-refractivity contribution >= 4 is 0 Å². The molecule has 0 aliphatic heterocycles.